The van der Waals surface area contributed by atoms with E-state index >= 15 is 0 Å². The van der Waals surface area contributed by atoms with Gasteiger partial charge in [-0.3, -0.25) is 9.69 Å². The molecule has 1 amide bonds. The van der Waals surface area contributed by atoms with Gasteiger partial charge in [0, 0.05) is 19.5 Å². The van der Waals surface area contributed by atoms with E-state index in [0.29, 0.717) is 26.4 Å². The van der Waals surface area contributed by atoms with E-state index < -0.39 is 5.54 Å². The number of carbonyl (C=O) groups excluding carboxylic acids is 1. The molecule has 25 heavy (non-hydrogen) atoms. The molecule has 0 aliphatic carbocycles. The van der Waals surface area contributed by atoms with E-state index in [2.05, 4.69) is 10.2 Å². The van der Waals surface area contributed by atoms with Crippen LogP contribution in [0, 0.1) is 0 Å². The van der Waals surface area contributed by atoms with Crippen molar-refractivity contribution in [1.29, 1.82) is 0 Å². The first-order chi connectivity index (χ1) is 12.1. The number of ether oxygens (including phenoxy) is 3. The Balaban J connectivity index is 1.63. The summed E-state index contributed by atoms with van der Waals surface area (Å²) < 4.78 is 17.1. The molecule has 3 rings (SSSR count). The van der Waals surface area contributed by atoms with E-state index in [1.165, 1.54) is 0 Å². The molecule has 138 valence electrons. The lowest BCUT2D eigenvalue weighted by Gasteiger charge is -2.41. The average molecular weight is 348 g/mol. The van der Waals surface area contributed by atoms with Gasteiger partial charge >= 0.3 is 0 Å². The van der Waals surface area contributed by atoms with Gasteiger partial charge in [-0.1, -0.05) is 18.2 Å². The van der Waals surface area contributed by atoms with Crippen molar-refractivity contribution in [2.45, 2.75) is 38.0 Å². The predicted molar refractivity (Wildman–Crippen MR) is 94.7 cm³/mol. The predicted octanol–water partition coefficient (Wildman–Crippen LogP) is 1.45. The maximum Gasteiger partial charge on any atom is 0.240 e. The molecular weight excluding hydrogens is 320 g/mol. The Labute approximate surface area is 149 Å². The number of amides is 1. The van der Waals surface area contributed by atoms with Crippen LogP contribution >= 0.6 is 0 Å². The molecule has 0 radical (unpaired) electrons. The molecule has 2 saturated heterocycles. The molecule has 0 bridgehead atoms. The molecule has 1 aromatic rings. The number of hydrogen-bond acceptors (Lipinski definition) is 5. The minimum atomic E-state index is -0.585. The van der Waals surface area contributed by atoms with Gasteiger partial charge in [0.2, 0.25) is 5.91 Å². The zero-order chi connectivity index (χ0) is 17.7. The molecule has 2 aliphatic rings. The van der Waals surface area contributed by atoms with Gasteiger partial charge in [0.25, 0.3) is 0 Å². The van der Waals surface area contributed by atoms with E-state index in [1.807, 2.05) is 44.2 Å². The molecule has 0 spiro atoms. The summed E-state index contributed by atoms with van der Waals surface area (Å²) >= 11 is 0. The number of rotatable bonds is 5. The standard InChI is InChI=1S/C19H28N2O4/c1-19(2,21-9-12-23-13-10-21)18(22)20-16-14-24-11-8-17(16)25-15-6-4-3-5-7-15/h3-7,16-17H,8-14H2,1-2H3,(H,20,22)/t16-,17+/m1/s1. The third kappa shape index (κ3) is 4.51. The van der Waals surface area contributed by atoms with Gasteiger partial charge in [-0.15, -0.1) is 0 Å². The van der Waals surface area contributed by atoms with Gasteiger partial charge in [0.1, 0.15) is 11.9 Å². The zero-order valence-electron chi connectivity index (χ0n) is 15.1. The summed E-state index contributed by atoms with van der Waals surface area (Å²) in [7, 11) is 0. The number of nitrogens with one attached hydrogen (secondary N) is 1. The molecule has 1 N–H and O–H groups in total. The lowest BCUT2D eigenvalue weighted by molar-refractivity contribution is -0.137. The fourth-order valence-electron chi connectivity index (χ4n) is 3.28. The van der Waals surface area contributed by atoms with Gasteiger partial charge in [-0.25, -0.2) is 0 Å². The summed E-state index contributed by atoms with van der Waals surface area (Å²) in [5.74, 6) is 0.827. The summed E-state index contributed by atoms with van der Waals surface area (Å²) in [4.78, 5) is 15.1. The Bertz CT molecular complexity index is 558. The van der Waals surface area contributed by atoms with E-state index in [1.54, 1.807) is 0 Å². The minimum Gasteiger partial charge on any atom is -0.488 e. The molecule has 2 aliphatic heterocycles. The van der Waals surface area contributed by atoms with Crippen LogP contribution in [0.2, 0.25) is 0 Å². The number of morpholine rings is 1. The minimum absolute atomic E-state index is 0.00608. The van der Waals surface area contributed by atoms with Crippen LogP contribution in [0.25, 0.3) is 0 Å². The molecular formula is C19H28N2O4. The smallest absolute Gasteiger partial charge is 0.240 e. The van der Waals surface area contributed by atoms with Crippen molar-refractivity contribution in [1.82, 2.24) is 10.2 Å². The van der Waals surface area contributed by atoms with Gasteiger partial charge in [-0.05, 0) is 26.0 Å². The van der Waals surface area contributed by atoms with Crippen molar-refractivity contribution in [2.24, 2.45) is 0 Å². The van der Waals surface area contributed by atoms with E-state index in [9.17, 15) is 4.79 Å². The zero-order valence-corrected chi connectivity index (χ0v) is 15.1. The Kier molecular flexibility index (Phi) is 5.93. The molecule has 6 nitrogen and oxygen atoms in total. The monoisotopic (exact) mass is 348 g/mol. The Morgan fingerprint density at radius 1 is 1.16 bits per heavy atom. The van der Waals surface area contributed by atoms with Crippen molar-refractivity contribution in [3.63, 3.8) is 0 Å². The second kappa shape index (κ2) is 8.17. The van der Waals surface area contributed by atoms with E-state index in [0.717, 1.165) is 25.3 Å². The van der Waals surface area contributed by atoms with Gasteiger partial charge in [-0.2, -0.15) is 0 Å². The van der Waals surface area contributed by atoms with Crippen molar-refractivity contribution < 1.29 is 19.0 Å². The van der Waals surface area contributed by atoms with Crippen LogP contribution in [0.1, 0.15) is 20.3 Å². The number of benzene rings is 1. The van der Waals surface area contributed by atoms with Gasteiger partial charge < -0.3 is 19.5 Å². The molecule has 0 unspecified atom stereocenters. The Morgan fingerprint density at radius 2 is 1.88 bits per heavy atom. The largest absolute Gasteiger partial charge is 0.488 e. The second-order valence-corrected chi connectivity index (χ2v) is 7.07. The van der Waals surface area contributed by atoms with Gasteiger partial charge in [0.05, 0.1) is 38.0 Å². The SMILES string of the molecule is CC(C)(C(=O)N[C@@H]1COCC[C@@H]1Oc1ccccc1)N1CCOCC1. The third-order valence-electron chi connectivity index (χ3n) is 5.00. The quantitative estimate of drug-likeness (QED) is 0.873. The van der Waals surface area contributed by atoms with Crippen LogP contribution < -0.4 is 10.1 Å². The first-order valence-corrected chi connectivity index (χ1v) is 9.00. The molecule has 2 atom stereocenters. The lowest BCUT2D eigenvalue weighted by atomic mass is 9.98. The maximum absolute atomic E-state index is 12.9. The summed E-state index contributed by atoms with van der Waals surface area (Å²) in [5.41, 5.74) is -0.585. The molecule has 0 saturated carbocycles. The lowest BCUT2D eigenvalue weighted by Crippen LogP contribution is -2.62. The van der Waals surface area contributed by atoms with Crippen molar-refractivity contribution >= 4 is 5.91 Å². The van der Waals surface area contributed by atoms with E-state index in [-0.39, 0.29) is 18.1 Å². The first kappa shape index (κ1) is 18.2. The average Bonchev–Trinajstić information content (AvgIpc) is 2.65. The fraction of sp³-hybridized carbons (Fsp3) is 0.632. The third-order valence-corrected chi connectivity index (χ3v) is 5.00. The Morgan fingerprint density at radius 3 is 2.60 bits per heavy atom. The van der Waals surface area contributed by atoms with Crippen molar-refractivity contribution in [2.75, 3.05) is 39.5 Å². The summed E-state index contributed by atoms with van der Waals surface area (Å²) in [6.07, 6.45) is 0.679. The van der Waals surface area contributed by atoms with Crippen LogP contribution in [-0.4, -0.2) is 68.0 Å². The fourth-order valence-corrected chi connectivity index (χ4v) is 3.28. The summed E-state index contributed by atoms with van der Waals surface area (Å²) in [5, 5.41) is 3.16. The maximum atomic E-state index is 12.9. The second-order valence-electron chi connectivity index (χ2n) is 7.07. The van der Waals surface area contributed by atoms with Crippen LogP contribution in [0.5, 0.6) is 5.75 Å². The number of nitrogens with zero attached hydrogens (tertiary/aromatic N) is 1. The van der Waals surface area contributed by atoms with Crippen molar-refractivity contribution in [3.8, 4) is 5.75 Å². The molecule has 6 heteroatoms. The molecule has 0 aromatic heterocycles. The molecule has 1 aromatic carbocycles. The number of carbonyl (C=O) groups is 1. The Hall–Kier alpha value is -1.63. The highest BCUT2D eigenvalue weighted by Gasteiger charge is 2.38. The first-order valence-electron chi connectivity index (χ1n) is 9.00. The molecule has 2 fully saturated rings. The normalized spacial score (nSPS) is 25.4. The highest BCUT2D eigenvalue weighted by molar-refractivity contribution is 5.85. The summed E-state index contributed by atoms with van der Waals surface area (Å²) in [6.45, 7) is 7.93. The molecule has 2 heterocycles. The number of hydrogen-bond donors (Lipinski definition) is 1. The number of para-hydroxylation sites is 1. The highest BCUT2D eigenvalue weighted by Crippen LogP contribution is 2.20. The van der Waals surface area contributed by atoms with Crippen LogP contribution in [-0.2, 0) is 14.3 Å². The highest BCUT2D eigenvalue weighted by atomic mass is 16.5. The topological polar surface area (TPSA) is 60.0 Å². The van der Waals surface area contributed by atoms with Gasteiger partial charge in [0.15, 0.2) is 0 Å². The summed E-state index contributed by atoms with van der Waals surface area (Å²) in [6, 6.07) is 9.58. The van der Waals surface area contributed by atoms with Crippen LogP contribution in [0.4, 0.5) is 0 Å². The van der Waals surface area contributed by atoms with Crippen LogP contribution in [0.15, 0.2) is 30.3 Å². The van der Waals surface area contributed by atoms with E-state index in [4.69, 9.17) is 14.2 Å². The van der Waals surface area contributed by atoms with Crippen molar-refractivity contribution in [3.05, 3.63) is 30.3 Å². The van der Waals surface area contributed by atoms with Crippen LogP contribution in [0.3, 0.4) is 0 Å².